The van der Waals surface area contributed by atoms with Gasteiger partial charge in [0, 0.05) is 49.1 Å². The molecule has 2 heterocycles. The monoisotopic (exact) mass is 676 g/mol. The number of anilines is 3. The van der Waals surface area contributed by atoms with Crippen molar-refractivity contribution >= 4 is 82.4 Å². The van der Waals surface area contributed by atoms with Crippen molar-refractivity contribution in [1.82, 2.24) is 4.57 Å². The summed E-state index contributed by atoms with van der Waals surface area (Å²) in [6.07, 6.45) is 0. The molecule has 0 aliphatic rings. The molecule has 0 atom stereocenters. The largest absolute Gasteiger partial charge is 0.455 e. The molecule has 0 bridgehead atoms. The van der Waals surface area contributed by atoms with Gasteiger partial charge in [0.15, 0.2) is 0 Å². The summed E-state index contributed by atoms with van der Waals surface area (Å²) in [7, 11) is 0. The highest BCUT2D eigenvalue weighted by Gasteiger charge is 2.20. The molecular weight excluding hydrogens is 645 g/mol. The lowest BCUT2D eigenvalue weighted by molar-refractivity contribution is 0.672. The molecular formula is C50H32N2O. The van der Waals surface area contributed by atoms with E-state index in [1.165, 1.54) is 43.7 Å². The van der Waals surface area contributed by atoms with Crippen LogP contribution < -0.4 is 4.90 Å². The average molecular weight is 677 g/mol. The maximum absolute atomic E-state index is 6.50. The van der Waals surface area contributed by atoms with Crippen molar-refractivity contribution in [3.05, 3.63) is 194 Å². The zero-order valence-corrected chi connectivity index (χ0v) is 28.8. The second-order valence-electron chi connectivity index (χ2n) is 13.7. The van der Waals surface area contributed by atoms with E-state index in [-0.39, 0.29) is 0 Å². The third-order valence-corrected chi connectivity index (χ3v) is 10.8. The van der Waals surface area contributed by atoms with E-state index in [2.05, 4.69) is 191 Å². The molecule has 11 aromatic rings. The van der Waals surface area contributed by atoms with Gasteiger partial charge >= 0.3 is 0 Å². The molecule has 0 spiro atoms. The van der Waals surface area contributed by atoms with Crippen LogP contribution in [0.3, 0.4) is 0 Å². The number of aromatic nitrogens is 1. The minimum absolute atomic E-state index is 0.907. The van der Waals surface area contributed by atoms with Crippen LogP contribution in [0.4, 0.5) is 17.1 Å². The maximum Gasteiger partial charge on any atom is 0.143 e. The minimum Gasteiger partial charge on any atom is -0.455 e. The molecule has 3 nitrogen and oxygen atoms in total. The Hall–Kier alpha value is -7.10. The van der Waals surface area contributed by atoms with E-state index in [9.17, 15) is 0 Å². The summed E-state index contributed by atoms with van der Waals surface area (Å²) in [5.41, 5.74) is 11.1. The van der Waals surface area contributed by atoms with E-state index >= 15 is 0 Å². The number of nitrogens with zero attached hydrogens (tertiary/aromatic N) is 2. The van der Waals surface area contributed by atoms with Gasteiger partial charge in [0.1, 0.15) is 11.2 Å². The van der Waals surface area contributed by atoms with Crippen molar-refractivity contribution in [2.24, 2.45) is 0 Å². The van der Waals surface area contributed by atoms with Crippen LogP contribution in [0.5, 0.6) is 0 Å². The number of benzene rings is 9. The van der Waals surface area contributed by atoms with Crippen LogP contribution in [-0.2, 0) is 0 Å². The SMILES string of the molecule is c1ccc2c(N(c3ccc(-c4ccc(-n5c6ccccc6c6ccccc65)cc4)cc3)c3cccc4c3ccc3c5ccccc5oc43)cccc2c1. The first-order valence-electron chi connectivity index (χ1n) is 18.1. The third kappa shape index (κ3) is 4.61. The summed E-state index contributed by atoms with van der Waals surface area (Å²) in [5, 5.41) is 9.45. The number of para-hydroxylation sites is 3. The van der Waals surface area contributed by atoms with Gasteiger partial charge in [0.05, 0.1) is 22.4 Å². The van der Waals surface area contributed by atoms with Gasteiger partial charge in [-0.15, -0.1) is 0 Å². The van der Waals surface area contributed by atoms with E-state index in [1.54, 1.807) is 0 Å². The number of hydrogen-bond donors (Lipinski definition) is 0. The van der Waals surface area contributed by atoms with E-state index in [0.717, 1.165) is 55.5 Å². The lowest BCUT2D eigenvalue weighted by atomic mass is 10.0. The lowest BCUT2D eigenvalue weighted by Crippen LogP contribution is -2.11. The summed E-state index contributed by atoms with van der Waals surface area (Å²) < 4.78 is 8.86. The quantitative estimate of drug-likeness (QED) is 0.181. The molecule has 9 aromatic carbocycles. The van der Waals surface area contributed by atoms with Gasteiger partial charge in [-0.1, -0.05) is 133 Å². The molecule has 0 N–H and O–H groups in total. The average Bonchev–Trinajstić information content (AvgIpc) is 3.78. The van der Waals surface area contributed by atoms with Gasteiger partial charge in [-0.2, -0.15) is 0 Å². The van der Waals surface area contributed by atoms with Crippen molar-refractivity contribution in [1.29, 1.82) is 0 Å². The summed E-state index contributed by atoms with van der Waals surface area (Å²) in [6.45, 7) is 0. The maximum atomic E-state index is 6.50. The van der Waals surface area contributed by atoms with Crippen LogP contribution in [-0.4, -0.2) is 4.57 Å². The molecule has 0 aliphatic carbocycles. The van der Waals surface area contributed by atoms with Gasteiger partial charge in [-0.3, -0.25) is 0 Å². The fraction of sp³-hybridized carbons (Fsp3) is 0. The van der Waals surface area contributed by atoms with E-state index in [1.807, 2.05) is 12.1 Å². The number of hydrogen-bond acceptors (Lipinski definition) is 2. The van der Waals surface area contributed by atoms with E-state index in [0.29, 0.717) is 0 Å². The zero-order valence-electron chi connectivity index (χ0n) is 28.8. The van der Waals surface area contributed by atoms with Gasteiger partial charge in [-0.05, 0) is 77.2 Å². The van der Waals surface area contributed by atoms with Gasteiger partial charge in [-0.25, -0.2) is 0 Å². The van der Waals surface area contributed by atoms with Gasteiger partial charge < -0.3 is 13.9 Å². The second kappa shape index (κ2) is 11.7. The zero-order chi connectivity index (χ0) is 34.9. The highest BCUT2D eigenvalue weighted by molar-refractivity contribution is 6.18. The Morgan fingerprint density at radius 3 is 1.60 bits per heavy atom. The number of rotatable bonds is 5. The standard InChI is InChI=1S/C50H32N2O/c1-2-13-38-35(11-1)12-9-20-45(38)51(48-21-10-17-43-41(48)31-32-44-42-16-5-8-22-49(42)53-50(43)44)36-27-23-33(24-28-36)34-25-29-37(30-26-34)52-46-18-6-3-14-39(46)40-15-4-7-19-47(40)52/h1-32H. The highest BCUT2D eigenvalue weighted by Crippen LogP contribution is 2.44. The van der Waals surface area contributed by atoms with Crippen LogP contribution in [0.2, 0.25) is 0 Å². The predicted octanol–water partition coefficient (Wildman–Crippen LogP) is 14.1. The molecule has 2 aromatic heterocycles. The Morgan fingerprint density at radius 2 is 0.868 bits per heavy atom. The van der Waals surface area contributed by atoms with Crippen molar-refractivity contribution in [3.63, 3.8) is 0 Å². The first kappa shape index (κ1) is 29.6. The lowest BCUT2D eigenvalue weighted by Gasteiger charge is -2.28. The molecule has 0 unspecified atom stereocenters. The van der Waals surface area contributed by atoms with Crippen molar-refractivity contribution < 1.29 is 4.42 Å². The summed E-state index contributed by atoms with van der Waals surface area (Å²) >= 11 is 0. The van der Waals surface area contributed by atoms with Crippen LogP contribution in [0.25, 0.3) is 82.1 Å². The summed E-state index contributed by atoms with van der Waals surface area (Å²) in [6, 6.07) is 69.7. The van der Waals surface area contributed by atoms with Crippen molar-refractivity contribution in [2.45, 2.75) is 0 Å². The molecule has 0 saturated carbocycles. The Labute approximate surface area is 306 Å². The third-order valence-electron chi connectivity index (χ3n) is 10.8. The fourth-order valence-corrected chi connectivity index (χ4v) is 8.34. The first-order chi connectivity index (χ1) is 26.3. The molecule has 11 rings (SSSR count). The van der Waals surface area contributed by atoms with Crippen LogP contribution in [0, 0.1) is 0 Å². The molecule has 3 heteroatoms. The number of fused-ring (bicyclic) bond motifs is 9. The minimum atomic E-state index is 0.907. The van der Waals surface area contributed by atoms with E-state index < -0.39 is 0 Å². The Morgan fingerprint density at radius 1 is 0.358 bits per heavy atom. The van der Waals surface area contributed by atoms with Crippen LogP contribution >= 0.6 is 0 Å². The smallest absolute Gasteiger partial charge is 0.143 e. The van der Waals surface area contributed by atoms with Gasteiger partial charge in [0.2, 0.25) is 0 Å². The highest BCUT2D eigenvalue weighted by atomic mass is 16.3. The van der Waals surface area contributed by atoms with Crippen LogP contribution in [0.1, 0.15) is 0 Å². The number of furan rings is 1. The summed E-state index contributed by atoms with van der Waals surface area (Å²) in [5.74, 6) is 0. The molecule has 0 aliphatic heterocycles. The Kier molecular flexibility index (Phi) is 6.55. The normalized spacial score (nSPS) is 11.8. The van der Waals surface area contributed by atoms with Gasteiger partial charge in [0.25, 0.3) is 0 Å². The molecule has 248 valence electrons. The Balaban J connectivity index is 1.03. The molecule has 0 amide bonds. The topological polar surface area (TPSA) is 21.3 Å². The van der Waals surface area contributed by atoms with Crippen molar-refractivity contribution in [3.8, 4) is 16.8 Å². The molecule has 0 fully saturated rings. The molecule has 53 heavy (non-hydrogen) atoms. The Bertz CT molecular complexity index is 3110. The predicted molar refractivity (Wildman–Crippen MR) is 223 cm³/mol. The molecule has 0 saturated heterocycles. The first-order valence-corrected chi connectivity index (χ1v) is 18.1. The van der Waals surface area contributed by atoms with Crippen molar-refractivity contribution in [2.75, 3.05) is 4.90 Å². The summed E-state index contributed by atoms with van der Waals surface area (Å²) in [4.78, 5) is 2.40. The van der Waals surface area contributed by atoms with Crippen LogP contribution in [0.15, 0.2) is 199 Å². The fourth-order valence-electron chi connectivity index (χ4n) is 8.34. The van der Waals surface area contributed by atoms with E-state index in [4.69, 9.17) is 4.42 Å². The second-order valence-corrected chi connectivity index (χ2v) is 13.7. The molecule has 0 radical (unpaired) electrons.